The molecule has 0 atom stereocenters. The zero-order valence-electron chi connectivity index (χ0n) is 9.29. The number of nitrogens with zero attached hydrogens (tertiary/aromatic N) is 1. The number of hydrogen-bond donors (Lipinski definition) is 2. The number of aliphatic hydroxyl groups excluding tert-OH is 1. The van der Waals surface area contributed by atoms with Gasteiger partial charge in [-0.05, 0) is 32.0 Å². The number of benzene rings is 1. The zero-order valence-corrected chi connectivity index (χ0v) is 9.29. The lowest BCUT2D eigenvalue weighted by Gasteiger charge is -2.36. The fourth-order valence-electron chi connectivity index (χ4n) is 1.24. The monoisotopic (exact) mass is 212 g/mol. The molecule has 0 bridgehead atoms. The molecule has 0 spiro atoms. The third-order valence-corrected chi connectivity index (χ3v) is 2.65. The minimum absolute atomic E-state index is 0.0283. The van der Waals surface area contributed by atoms with Crippen LogP contribution in [0.5, 0.6) is 0 Å². The van der Waals surface area contributed by atoms with Gasteiger partial charge in [0.15, 0.2) is 0 Å². The molecule has 0 aliphatic heterocycles. The number of hydrogen-bond acceptors (Lipinski definition) is 3. The SMILES string of the molecule is CN(c1cc(F)ccc1N)C(C)(C)CO. The summed E-state index contributed by atoms with van der Waals surface area (Å²) in [6.07, 6.45) is 0. The Morgan fingerprint density at radius 3 is 2.60 bits per heavy atom. The van der Waals surface area contributed by atoms with Crippen LogP contribution in [0.25, 0.3) is 0 Å². The highest BCUT2D eigenvalue weighted by atomic mass is 19.1. The van der Waals surface area contributed by atoms with Crippen molar-refractivity contribution >= 4 is 11.4 Å². The summed E-state index contributed by atoms with van der Waals surface area (Å²) in [6, 6.07) is 4.21. The Balaban J connectivity index is 3.10. The number of nitrogen functional groups attached to an aromatic ring is 1. The van der Waals surface area contributed by atoms with Crippen molar-refractivity contribution in [2.75, 3.05) is 24.3 Å². The fourth-order valence-corrected chi connectivity index (χ4v) is 1.24. The highest BCUT2D eigenvalue weighted by Crippen LogP contribution is 2.28. The van der Waals surface area contributed by atoms with E-state index >= 15 is 0 Å². The molecule has 1 aromatic carbocycles. The van der Waals surface area contributed by atoms with E-state index in [9.17, 15) is 9.50 Å². The second-order valence-electron chi connectivity index (χ2n) is 4.23. The van der Waals surface area contributed by atoms with Gasteiger partial charge < -0.3 is 15.7 Å². The quantitative estimate of drug-likeness (QED) is 0.748. The first-order chi connectivity index (χ1) is 6.88. The fraction of sp³-hybridized carbons (Fsp3) is 0.455. The van der Waals surface area contributed by atoms with Crippen LogP contribution in [0, 0.1) is 5.82 Å². The maximum absolute atomic E-state index is 13.1. The van der Waals surface area contributed by atoms with Gasteiger partial charge in [0, 0.05) is 7.05 Å². The van der Waals surface area contributed by atoms with Crippen LogP contribution in [0.1, 0.15) is 13.8 Å². The summed E-state index contributed by atoms with van der Waals surface area (Å²) >= 11 is 0. The van der Waals surface area contributed by atoms with Crippen LogP contribution in [0.15, 0.2) is 18.2 Å². The van der Waals surface area contributed by atoms with Crippen molar-refractivity contribution in [1.29, 1.82) is 0 Å². The van der Waals surface area contributed by atoms with E-state index in [1.165, 1.54) is 18.2 Å². The van der Waals surface area contributed by atoms with Gasteiger partial charge >= 0.3 is 0 Å². The molecule has 0 saturated heterocycles. The van der Waals surface area contributed by atoms with Crippen LogP contribution in [-0.4, -0.2) is 24.3 Å². The summed E-state index contributed by atoms with van der Waals surface area (Å²) in [5.74, 6) is -0.334. The molecule has 4 heteroatoms. The summed E-state index contributed by atoms with van der Waals surface area (Å²) in [6.45, 7) is 3.69. The van der Waals surface area contributed by atoms with Gasteiger partial charge in [0.25, 0.3) is 0 Å². The summed E-state index contributed by atoms with van der Waals surface area (Å²) in [5, 5.41) is 9.21. The number of halogens is 1. The van der Waals surface area contributed by atoms with Crippen LogP contribution in [0.2, 0.25) is 0 Å². The molecule has 15 heavy (non-hydrogen) atoms. The van der Waals surface area contributed by atoms with Crippen molar-refractivity contribution < 1.29 is 9.50 Å². The molecule has 0 aliphatic rings. The average molecular weight is 212 g/mol. The molecule has 0 fully saturated rings. The van der Waals surface area contributed by atoms with Gasteiger partial charge in [0.05, 0.1) is 23.5 Å². The number of nitrogens with two attached hydrogens (primary N) is 1. The first kappa shape index (κ1) is 11.8. The van der Waals surface area contributed by atoms with Crippen molar-refractivity contribution in [3.05, 3.63) is 24.0 Å². The van der Waals surface area contributed by atoms with E-state index < -0.39 is 5.54 Å². The highest BCUT2D eigenvalue weighted by Gasteiger charge is 2.24. The normalized spacial score (nSPS) is 11.5. The smallest absolute Gasteiger partial charge is 0.125 e. The molecule has 84 valence electrons. The maximum Gasteiger partial charge on any atom is 0.125 e. The Bertz CT molecular complexity index is 352. The number of rotatable bonds is 3. The van der Waals surface area contributed by atoms with E-state index in [0.29, 0.717) is 11.4 Å². The van der Waals surface area contributed by atoms with E-state index in [-0.39, 0.29) is 12.4 Å². The summed E-state index contributed by atoms with van der Waals surface area (Å²) in [5.41, 5.74) is 6.37. The molecule has 0 aromatic heterocycles. The number of likely N-dealkylation sites (N-methyl/N-ethyl adjacent to an activating group) is 1. The Morgan fingerprint density at radius 2 is 2.07 bits per heavy atom. The molecule has 3 N–H and O–H groups in total. The van der Waals surface area contributed by atoms with Gasteiger partial charge in [-0.25, -0.2) is 4.39 Å². The molecule has 1 aromatic rings. The standard InChI is InChI=1S/C11H17FN2O/c1-11(2,7-15)14(3)10-6-8(12)4-5-9(10)13/h4-6,15H,7,13H2,1-3H3. The summed E-state index contributed by atoms with van der Waals surface area (Å²) in [4.78, 5) is 1.77. The van der Waals surface area contributed by atoms with Gasteiger partial charge in [-0.1, -0.05) is 0 Å². The summed E-state index contributed by atoms with van der Waals surface area (Å²) < 4.78 is 13.1. The zero-order chi connectivity index (χ0) is 11.6. The van der Waals surface area contributed by atoms with Crippen LogP contribution in [0.3, 0.4) is 0 Å². The van der Waals surface area contributed by atoms with Gasteiger partial charge in [-0.2, -0.15) is 0 Å². The molecule has 0 unspecified atom stereocenters. The minimum Gasteiger partial charge on any atom is -0.397 e. The molecular formula is C11H17FN2O. The highest BCUT2D eigenvalue weighted by molar-refractivity contribution is 5.68. The number of anilines is 2. The van der Waals surface area contributed by atoms with Crippen LogP contribution < -0.4 is 10.6 Å². The molecule has 0 saturated carbocycles. The lowest BCUT2D eigenvalue weighted by Crippen LogP contribution is -2.44. The first-order valence-corrected chi connectivity index (χ1v) is 4.78. The van der Waals surface area contributed by atoms with Crippen molar-refractivity contribution in [2.45, 2.75) is 19.4 Å². The third-order valence-electron chi connectivity index (χ3n) is 2.65. The molecule has 0 radical (unpaired) electrons. The predicted molar refractivity (Wildman–Crippen MR) is 60.4 cm³/mol. The van der Waals surface area contributed by atoms with Crippen LogP contribution in [0.4, 0.5) is 15.8 Å². The molecule has 0 aliphatic carbocycles. The Labute approximate surface area is 89.3 Å². The molecular weight excluding hydrogens is 195 g/mol. The van der Waals surface area contributed by atoms with E-state index in [0.717, 1.165) is 0 Å². The van der Waals surface area contributed by atoms with Gasteiger partial charge in [0.2, 0.25) is 0 Å². The molecule has 3 nitrogen and oxygen atoms in total. The van der Waals surface area contributed by atoms with Gasteiger partial charge in [-0.15, -0.1) is 0 Å². The molecule has 0 amide bonds. The van der Waals surface area contributed by atoms with Crippen LogP contribution >= 0.6 is 0 Å². The van der Waals surface area contributed by atoms with Crippen molar-refractivity contribution in [2.24, 2.45) is 0 Å². The Hall–Kier alpha value is -1.29. The van der Waals surface area contributed by atoms with E-state index in [1.54, 1.807) is 11.9 Å². The summed E-state index contributed by atoms with van der Waals surface area (Å²) in [7, 11) is 1.78. The number of aliphatic hydroxyl groups is 1. The first-order valence-electron chi connectivity index (χ1n) is 4.78. The lowest BCUT2D eigenvalue weighted by atomic mass is 10.0. The topological polar surface area (TPSA) is 49.5 Å². The Morgan fingerprint density at radius 1 is 1.47 bits per heavy atom. The van der Waals surface area contributed by atoms with Crippen LogP contribution in [-0.2, 0) is 0 Å². The second kappa shape index (κ2) is 4.06. The average Bonchev–Trinajstić information content (AvgIpc) is 2.20. The lowest BCUT2D eigenvalue weighted by molar-refractivity contribution is 0.216. The van der Waals surface area contributed by atoms with Crippen molar-refractivity contribution in [3.8, 4) is 0 Å². The minimum atomic E-state index is -0.470. The predicted octanol–water partition coefficient (Wildman–Crippen LogP) is 1.61. The van der Waals surface area contributed by atoms with E-state index in [2.05, 4.69) is 0 Å². The largest absolute Gasteiger partial charge is 0.397 e. The Kier molecular flexibility index (Phi) is 3.19. The second-order valence-corrected chi connectivity index (χ2v) is 4.23. The van der Waals surface area contributed by atoms with E-state index in [4.69, 9.17) is 5.73 Å². The molecule has 0 heterocycles. The van der Waals surface area contributed by atoms with Crippen molar-refractivity contribution in [1.82, 2.24) is 0 Å². The third kappa shape index (κ3) is 2.39. The molecule has 1 rings (SSSR count). The van der Waals surface area contributed by atoms with E-state index in [1.807, 2.05) is 13.8 Å². The van der Waals surface area contributed by atoms with Gasteiger partial charge in [0.1, 0.15) is 5.82 Å². The van der Waals surface area contributed by atoms with Crippen molar-refractivity contribution in [3.63, 3.8) is 0 Å². The maximum atomic E-state index is 13.1. The van der Waals surface area contributed by atoms with Gasteiger partial charge in [-0.3, -0.25) is 0 Å².